The van der Waals surface area contributed by atoms with Crippen molar-refractivity contribution in [2.24, 2.45) is 5.16 Å². The Kier molecular flexibility index (Phi) is 6.05. The van der Waals surface area contributed by atoms with Gasteiger partial charge in [-0.1, -0.05) is 17.3 Å². The minimum atomic E-state index is -3.33. The average molecular weight is 463 g/mol. The first-order chi connectivity index (χ1) is 14.8. The van der Waals surface area contributed by atoms with Crippen molar-refractivity contribution < 1.29 is 22.8 Å². The van der Waals surface area contributed by atoms with E-state index >= 15 is 0 Å². The number of rotatable bonds is 7. The summed E-state index contributed by atoms with van der Waals surface area (Å²) in [5.41, 5.74) is 0.428. The highest BCUT2D eigenvalue weighted by Gasteiger charge is 2.37. The fourth-order valence-corrected chi connectivity index (χ4v) is 5.45. The van der Waals surface area contributed by atoms with Gasteiger partial charge in [0.2, 0.25) is 5.91 Å². The molecule has 2 fully saturated rings. The second kappa shape index (κ2) is 8.75. The summed E-state index contributed by atoms with van der Waals surface area (Å²) in [5, 5.41) is 8.59. The Morgan fingerprint density at radius 3 is 2.55 bits per heavy atom. The third-order valence-corrected chi connectivity index (χ3v) is 8.14. The Bertz CT molecular complexity index is 1090. The molecular weight excluding hydrogens is 440 g/mol. The maximum atomic E-state index is 12.9. The molecule has 1 saturated heterocycles. The molecule has 2 aliphatic rings. The lowest BCUT2D eigenvalue weighted by molar-refractivity contribution is -0.128. The number of benzene rings is 1. The van der Waals surface area contributed by atoms with Crippen LogP contribution >= 0.6 is 11.3 Å². The van der Waals surface area contributed by atoms with E-state index in [0.717, 1.165) is 0 Å². The molecule has 2 aromatic rings. The van der Waals surface area contributed by atoms with Gasteiger partial charge in [-0.25, -0.2) is 13.4 Å². The zero-order valence-electron chi connectivity index (χ0n) is 16.9. The standard InChI is InChI=1S/C20H22N4O5S2/c1-13(25)24-10-8-15(12-24)29-23-18(19(26)22-20-21-9-11-30-20)14-2-4-16(5-3-14)31(27,28)17-6-7-17/h2-5,9,11,15,17H,6-8,10,12H2,1H3,(H,21,22,26)/b23-18+/t15-/m1/s1. The Hall–Kier alpha value is -2.79. The highest BCUT2D eigenvalue weighted by atomic mass is 32.2. The van der Waals surface area contributed by atoms with Gasteiger partial charge >= 0.3 is 0 Å². The lowest BCUT2D eigenvalue weighted by atomic mass is 10.1. The van der Waals surface area contributed by atoms with Crippen molar-refractivity contribution in [3.63, 3.8) is 0 Å². The van der Waals surface area contributed by atoms with Gasteiger partial charge in [0.1, 0.15) is 6.10 Å². The molecule has 1 saturated carbocycles. The van der Waals surface area contributed by atoms with E-state index in [9.17, 15) is 18.0 Å². The van der Waals surface area contributed by atoms with Gasteiger partial charge in [0, 0.05) is 37.0 Å². The molecule has 1 aromatic heterocycles. The van der Waals surface area contributed by atoms with Gasteiger partial charge in [0.15, 0.2) is 20.7 Å². The summed E-state index contributed by atoms with van der Waals surface area (Å²) in [6.07, 6.45) is 3.23. The van der Waals surface area contributed by atoms with Crippen LogP contribution in [-0.4, -0.2) is 60.3 Å². The molecule has 4 rings (SSSR count). The van der Waals surface area contributed by atoms with Gasteiger partial charge in [-0.15, -0.1) is 11.3 Å². The molecule has 1 atom stereocenters. The summed E-state index contributed by atoms with van der Waals surface area (Å²) >= 11 is 1.26. The number of anilines is 1. The van der Waals surface area contributed by atoms with Crippen LogP contribution in [0.15, 0.2) is 45.9 Å². The first-order valence-electron chi connectivity index (χ1n) is 9.89. The van der Waals surface area contributed by atoms with Crippen molar-refractivity contribution in [2.45, 2.75) is 42.4 Å². The number of aromatic nitrogens is 1. The van der Waals surface area contributed by atoms with Crippen LogP contribution in [0.3, 0.4) is 0 Å². The molecule has 1 aliphatic heterocycles. The van der Waals surface area contributed by atoms with Crippen LogP contribution in [0.4, 0.5) is 5.13 Å². The number of nitrogens with one attached hydrogen (secondary N) is 1. The molecule has 1 aromatic carbocycles. The minimum Gasteiger partial charge on any atom is -0.390 e. The fourth-order valence-electron chi connectivity index (χ4n) is 3.27. The number of carbonyl (C=O) groups is 2. The number of nitrogens with zero attached hydrogens (tertiary/aromatic N) is 3. The van der Waals surface area contributed by atoms with Gasteiger partial charge in [-0.05, 0) is 25.0 Å². The molecule has 1 aliphatic carbocycles. The molecule has 2 heterocycles. The highest BCUT2D eigenvalue weighted by Crippen LogP contribution is 2.33. The Morgan fingerprint density at radius 2 is 1.97 bits per heavy atom. The summed E-state index contributed by atoms with van der Waals surface area (Å²) in [5.74, 6) is -0.557. The number of sulfone groups is 1. The molecule has 2 amide bonds. The predicted octanol–water partition coefficient (Wildman–Crippen LogP) is 2.06. The van der Waals surface area contributed by atoms with Crippen LogP contribution in [0.25, 0.3) is 0 Å². The third-order valence-electron chi connectivity index (χ3n) is 5.17. The molecule has 0 spiro atoms. The van der Waals surface area contributed by atoms with Crippen LogP contribution < -0.4 is 5.32 Å². The summed E-state index contributed by atoms with van der Waals surface area (Å²) < 4.78 is 24.9. The zero-order chi connectivity index (χ0) is 22.0. The lowest BCUT2D eigenvalue weighted by Gasteiger charge is -2.13. The maximum absolute atomic E-state index is 12.9. The topological polar surface area (TPSA) is 118 Å². The first-order valence-corrected chi connectivity index (χ1v) is 12.3. The van der Waals surface area contributed by atoms with Crippen molar-refractivity contribution in [3.8, 4) is 0 Å². The van der Waals surface area contributed by atoms with E-state index in [-0.39, 0.29) is 27.9 Å². The molecule has 0 unspecified atom stereocenters. The average Bonchev–Trinajstić information content (AvgIpc) is 3.29. The number of amides is 2. The van der Waals surface area contributed by atoms with Crippen molar-refractivity contribution >= 4 is 43.8 Å². The summed E-state index contributed by atoms with van der Waals surface area (Å²) in [7, 11) is -3.33. The Labute approximate surface area is 184 Å². The first kappa shape index (κ1) is 21.4. The van der Waals surface area contributed by atoms with E-state index in [1.165, 1.54) is 30.4 Å². The third kappa shape index (κ3) is 4.93. The second-order valence-corrected chi connectivity index (χ2v) is 10.6. The zero-order valence-corrected chi connectivity index (χ0v) is 18.5. The van der Waals surface area contributed by atoms with Crippen LogP contribution in [-0.2, 0) is 24.3 Å². The molecule has 11 heteroatoms. The lowest BCUT2D eigenvalue weighted by Crippen LogP contribution is -2.28. The van der Waals surface area contributed by atoms with Gasteiger partial charge in [-0.3, -0.25) is 14.9 Å². The van der Waals surface area contributed by atoms with Crippen molar-refractivity contribution in [2.75, 3.05) is 18.4 Å². The largest absolute Gasteiger partial charge is 0.390 e. The molecule has 31 heavy (non-hydrogen) atoms. The molecule has 0 bridgehead atoms. The van der Waals surface area contributed by atoms with E-state index in [4.69, 9.17) is 4.84 Å². The van der Waals surface area contributed by atoms with E-state index in [2.05, 4.69) is 15.5 Å². The Balaban J connectivity index is 1.56. The molecule has 164 valence electrons. The summed E-state index contributed by atoms with van der Waals surface area (Å²) in [4.78, 5) is 35.9. The van der Waals surface area contributed by atoms with E-state index < -0.39 is 15.7 Å². The molecular formula is C20H22N4O5S2. The second-order valence-electron chi connectivity index (χ2n) is 7.48. The van der Waals surface area contributed by atoms with Gasteiger partial charge in [-0.2, -0.15) is 0 Å². The van der Waals surface area contributed by atoms with E-state index in [1.54, 1.807) is 28.6 Å². The van der Waals surface area contributed by atoms with Crippen LogP contribution in [0.5, 0.6) is 0 Å². The number of likely N-dealkylation sites (tertiary alicyclic amines) is 1. The minimum absolute atomic E-state index is 0.00634. The number of hydrogen-bond donors (Lipinski definition) is 1. The summed E-state index contributed by atoms with van der Waals surface area (Å²) in [6.45, 7) is 2.47. The van der Waals surface area contributed by atoms with Crippen LogP contribution in [0.2, 0.25) is 0 Å². The number of thiazole rings is 1. The van der Waals surface area contributed by atoms with Crippen LogP contribution in [0.1, 0.15) is 31.7 Å². The maximum Gasteiger partial charge on any atom is 0.280 e. The smallest absolute Gasteiger partial charge is 0.280 e. The Morgan fingerprint density at radius 1 is 1.23 bits per heavy atom. The number of hydrogen-bond acceptors (Lipinski definition) is 8. The molecule has 9 nitrogen and oxygen atoms in total. The molecule has 0 radical (unpaired) electrons. The monoisotopic (exact) mass is 462 g/mol. The quantitative estimate of drug-likeness (QED) is 0.497. The number of oxime groups is 1. The molecule has 1 N–H and O–H groups in total. The van der Waals surface area contributed by atoms with E-state index in [0.29, 0.717) is 43.0 Å². The van der Waals surface area contributed by atoms with Gasteiger partial charge < -0.3 is 9.74 Å². The van der Waals surface area contributed by atoms with Gasteiger partial charge in [0.25, 0.3) is 5.91 Å². The summed E-state index contributed by atoms with van der Waals surface area (Å²) in [6, 6.07) is 6.08. The fraction of sp³-hybridized carbons (Fsp3) is 0.400. The van der Waals surface area contributed by atoms with Crippen molar-refractivity contribution in [3.05, 3.63) is 41.4 Å². The highest BCUT2D eigenvalue weighted by molar-refractivity contribution is 7.92. The SMILES string of the molecule is CC(=O)N1CC[C@@H](O/N=C(/C(=O)Nc2nccs2)c2ccc(S(=O)(=O)C3CC3)cc2)C1. The number of carbonyl (C=O) groups excluding carboxylic acids is 2. The normalized spacial score (nSPS) is 19.3. The van der Waals surface area contributed by atoms with Crippen LogP contribution in [0, 0.1) is 0 Å². The van der Waals surface area contributed by atoms with Crippen molar-refractivity contribution in [1.82, 2.24) is 9.88 Å². The predicted molar refractivity (Wildman–Crippen MR) is 116 cm³/mol. The van der Waals surface area contributed by atoms with Gasteiger partial charge in [0.05, 0.1) is 16.7 Å². The van der Waals surface area contributed by atoms with E-state index in [1.807, 2.05) is 0 Å². The van der Waals surface area contributed by atoms with Crippen molar-refractivity contribution in [1.29, 1.82) is 0 Å².